The van der Waals surface area contributed by atoms with E-state index in [0.29, 0.717) is 18.6 Å². The van der Waals surface area contributed by atoms with Crippen molar-refractivity contribution in [3.63, 3.8) is 0 Å². The van der Waals surface area contributed by atoms with E-state index in [1.807, 2.05) is 0 Å². The molecule has 0 radical (unpaired) electrons. The van der Waals surface area contributed by atoms with E-state index in [1.165, 1.54) is 64.2 Å². The molecule has 21 heavy (non-hydrogen) atoms. The van der Waals surface area contributed by atoms with E-state index in [0.717, 1.165) is 19.3 Å². The Kier molecular flexibility index (Phi) is 10.6. The van der Waals surface area contributed by atoms with Crippen LogP contribution in [0.3, 0.4) is 0 Å². The third kappa shape index (κ3) is 10.8. The molecule has 0 saturated carbocycles. The Morgan fingerprint density at radius 3 is 1.81 bits per heavy atom. The van der Waals surface area contributed by atoms with Gasteiger partial charge >= 0.3 is 5.97 Å². The Balaban J connectivity index is 1.76. The van der Waals surface area contributed by atoms with Gasteiger partial charge in [0.1, 0.15) is 0 Å². The molecule has 1 saturated heterocycles. The molecule has 0 amide bonds. The van der Waals surface area contributed by atoms with Crippen molar-refractivity contribution in [3.8, 4) is 0 Å². The van der Waals surface area contributed by atoms with E-state index in [1.54, 1.807) is 0 Å². The Bertz CT molecular complexity index is 265. The number of ether oxygens (including phenoxy) is 1. The Labute approximate surface area is 130 Å². The predicted molar refractivity (Wildman–Crippen MR) is 86.6 cm³/mol. The standard InChI is InChI=1S/C18H34O3/c1-2-3-4-5-6-7-8-9-10-13-16-17(21-16)14-11-12-15-18(19)20/h16-17H,2-15H2,1H3,(H,19,20)/t16-,17+/m0/s1. The van der Waals surface area contributed by atoms with Gasteiger partial charge in [-0.05, 0) is 19.3 Å². The van der Waals surface area contributed by atoms with Crippen LogP contribution in [0, 0.1) is 0 Å². The maximum atomic E-state index is 10.4. The maximum Gasteiger partial charge on any atom is 0.303 e. The van der Waals surface area contributed by atoms with E-state index in [2.05, 4.69) is 6.92 Å². The fourth-order valence-corrected chi connectivity index (χ4v) is 2.96. The van der Waals surface area contributed by atoms with Gasteiger partial charge in [-0.25, -0.2) is 0 Å². The first-order valence-electron chi connectivity index (χ1n) is 9.11. The number of hydrogen-bond acceptors (Lipinski definition) is 2. The monoisotopic (exact) mass is 298 g/mol. The average Bonchev–Trinajstić information content (AvgIpc) is 3.20. The van der Waals surface area contributed by atoms with Crippen molar-refractivity contribution in [3.05, 3.63) is 0 Å². The summed E-state index contributed by atoms with van der Waals surface area (Å²) in [6.45, 7) is 2.26. The van der Waals surface area contributed by atoms with Gasteiger partial charge in [-0.2, -0.15) is 0 Å². The number of hydrogen-bond donors (Lipinski definition) is 1. The SMILES string of the molecule is CCCCCCCCCCC[C@@H]1O[C@@H]1CCCCC(=O)O. The fraction of sp³-hybridized carbons (Fsp3) is 0.944. The third-order valence-corrected chi connectivity index (χ3v) is 4.41. The molecule has 3 nitrogen and oxygen atoms in total. The number of rotatable bonds is 15. The lowest BCUT2D eigenvalue weighted by Crippen LogP contribution is -1.97. The largest absolute Gasteiger partial charge is 0.481 e. The topological polar surface area (TPSA) is 49.8 Å². The summed E-state index contributed by atoms with van der Waals surface area (Å²) in [5, 5.41) is 8.56. The lowest BCUT2D eigenvalue weighted by molar-refractivity contribution is -0.137. The number of epoxide rings is 1. The van der Waals surface area contributed by atoms with Crippen molar-refractivity contribution >= 4 is 5.97 Å². The summed E-state index contributed by atoms with van der Waals surface area (Å²) in [4.78, 5) is 10.4. The van der Waals surface area contributed by atoms with E-state index in [9.17, 15) is 4.79 Å². The number of carboxylic acid groups (broad SMARTS) is 1. The van der Waals surface area contributed by atoms with Gasteiger partial charge in [0, 0.05) is 6.42 Å². The van der Waals surface area contributed by atoms with Crippen molar-refractivity contribution in [2.75, 3.05) is 0 Å². The van der Waals surface area contributed by atoms with E-state index in [4.69, 9.17) is 9.84 Å². The van der Waals surface area contributed by atoms with E-state index in [-0.39, 0.29) is 0 Å². The molecule has 0 aromatic carbocycles. The molecule has 1 fully saturated rings. The third-order valence-electron chi connectivity index (χ3n) is 4.41. The molecule has 3 heteroatoms. The average molecular weight is 298 g/mol. The van der Waals surface area contributed by atoms with Gasteiger partial charge in [0.2, 0.25) is 0 Å². The molecule has 124 valence electrons. The summed E-state index contributed by atoms with van der Waals surface area (Å²) in [6, 6.07) is 0. The van der Waals surface area contributed by atoms with Crippen LogP contribution in [0.2, 0.25) is 0 Å². The molecular formula is C18H34O3. The number of carboxylic acids is 1. The molecule has 0 spiro atoms. The fourth-order valence-electron chi connectivity index (χ4n) is 2.96. The summed E-state index contributed by atoms with van der Waals surface area (Å²) in [5.41, 5.74) is 0. The van der Waals surface area contributed by atoms with Gasteiger partial charge in [-0.3, -0.25) is 4.79 Å². The molecule has 0 aromatic rings. The van der Waals surface area contributed by atoms with Crippen molar-refractivity contribution in [2.24, 2.45) is 0 Å². The van der Waals surface area contributed by atoms with Crippen LogP contribution in [0.25, 0.3) is 0 Å². The van der Waals surface area contributed by atoms with Crippen LogP contribution in [-0.2, 0) is 9.53 Å². The molecule has 2 atom stereocenters. The lowest BCUT2D eigenvalue weighted by atomic mass is 10.0. The van der Waals surface area contributed by atoms with Gasteiger partial charge in [0.25, 0.3) is 0 Å². The molecular weight excluding hydrogens is 264 g/mol. The van der Waals surface area contributed by atoms with E-state index >= 15 is 0 Å². The van der Waals surface area contributed by atoms with Crippen LogP contribution >= 0.6 is 0 Å². The Hall–Kier alpha value is -0.570. The first kappa shape index (κ1) is 18.5. The zero-order chi connectivity index (χ0) is 15.3. The summed E-state index contributed by atoms with van der Waals surface area (Å²) >= 11 is 0. The Morgan fingerprint density at radius 1 is 0.810 bits per heavy atom. The number of aliphatic carboxylic acids is 1. The summed E-state index contributed by atoms with van der Waals surface area (Å²) < 4.78 is 5.65. The predicted octanol–water partition coefficient (Wildman–Crippen LogP) is 5.32. The summed E-state index contributed by atoms with van der Waals surface area (Å²) in [6.07, 6.45) is 17.6. The van der Waals surface area contributed by atoms with Crippen LogP contribution < -0.4 is 0 Å². The minimum Gasteiger partial charge on any atom is -0.481 e. The van der Waals surface area contributed by atoms with Crippen LogP contribution in [0.15, 0.2) is 0 Å². The summed E-state index contributed by atoms with van der Waals surface area (Å²) in [5.74, 6) is -0.682. The second kappa shape index (κ2) is 12.0. The van der Waals surface area contributed by atoms with Crippen molar-refractivity contribution in [2.45, 2.75) is 109 Å². The van der Waals surface area contributed by atoms with Gasteiger partial charge in [-0.15, -0.1) is 0 Å². The van der Waals surface area contributed by atoms with Crippen molar-refractivity contribution < 1.29 is 14.6 Å². The minimum atomic E-state index is -0.682. The van der Waals surface area contributed by atoms with Crippen molar-refractivity contribution in [1.82, 2.24) is 0 Å². The minimum absolute atomic E-state index is 0.301. The molecule has 0 aliphatic carbocycles. The van der Waals surface area contributed by atoms with Crippen LogP contribution in [-0.4, -0.2) is 23.3 Å². The second-order valence-electron chi connectivity index (χ2n) is 6.47. The molecule has 0 unspecified atom stereocenters. The van der Waals surface area contributed by atoms with Gasteiger partial charge in [-0.1, -0.05) is 71.1 Å². The number of unbranched alkanes of at least 4 members (excludes halogenated alkanes) is 9. The van der Waals surface area contributed by atoms with Gasteiger partial charge in [0.15, 0.2) is 0 Å². The zero-order valence-electron chi connectivity index (χ0n) is 13.8. The molecule has 0 bridgehead atoms. The summed E-state index contributed by atoms with van der Waals surface area (Å²) in [7, 11) is 0. The van der Waals surface area contributed by atoms with E-state index < -0.39 is 5.97 Å². The maximum absolute atomic E-state index is 10.4. The molecule has 1 heterocycles. The highest BCUT2D eigenvalue weighted by molar-refractivity contribution is 5.66. The first-order valence-corrected chi connectivity index (χ1v) is 9.11. The highest BCUT2D eigenvalue weighted by Gasteiger charge is 2.36. The lowest BCUT2D eigenvalue weighted by Gasteiger charge is -2.01. The quantitative estimate of drug-likeness (QED) is 0.329. The number of carbonyl (C=O) groups is 1. The highest BCUT2D eigenvalue weighted by Crippen LogP contribution is 2.31. The van der Waals surface area contributed by atoms with Crippen LogP contribution in [0.1, 0.15) is 96.8 Å². The van der Waals surface area contributed by atoms with Gasteiger partial charge < -0.3 is 9.84 Å². The van der Waals surface area contributed by atoms with Crippen LogP contribution in [0.5, 0.6) is 0 Å². The molecule has 0 aromatic heterocycles. The normalized spacial score (nSPS) is 20.6. The van der Waals surface area contributed by atoms with Crippen LogP contribution in [0.4, 0.5) is 0 Å². The molecule has 1 N–H and O–H groups in total. The smallest absolute Gasteiger partial charge is 0.303 e. The Morgan fingerprint density at radius 2 is 1.29 bits per heavy atom. The molecule has 1 rings (SSSR count). The van der Waals surface area contributed by atoms with Crippen molar-refractivity contribution in [1.29, 1.82) is 0 Å². The zero-order valence-corrected chi connectivity index (χ0v) is 13.8. The second-order valence-corrected chi connectivity index (χ2v) is 6.47. The molecule has 1 aliphatic heterocycles. The highest BCUT2D eigenvalue weighted by atomic mass is 16.6. The molecule has 1 aliphatic rings. The van der Waals surface area contributed by atoms with Gasteiger partial charge in [0.05, 0.1) is 12.2 Å². The first-order chi connectivity index (χ1) is 10.2.